The number of aromatic amines is 1. The summed E-state index contributed by atoms with van der Waals surface area (Å²) in [6.07, 6.45) is 5.61. The number of carbonyl (C=O) groups is 2. The largest absolute Gasteiger partial charge is 0.374 e. The van der Waals surface area contributed by atoms with Crippen LogP contribution in [0, 0.1) is 5.92 Å². The standard InChI is InChI=1S/C23H25N5O3/c29-21-14-28(23(30)22-19-5-1-2-6-20(19)25-26-22)13-18(31-15-16-7-8-16)12-27(21)11-17-4-3-9-24-10-17/h1-6,9-10,16,18H,7-8,11-15H2,(H,25,26). The van der Waals surface area contributed by atoms with Crippen molar-refractivity contribution in [3.8, 4) is 0 Å². The van der Waals surface area contributed by atoms with Gasteiger partial charge in [-0.05, 0) is 36.5 Å². The molecule has 1 N–H and O–H groups in total. The molecule has 1 saturated carbocycles. The summed E-state index contributed by atoms with van der Waals surface area (Å²) in [5.74, 6) is 0.244. The first kappa shape index (κ1) is 19.7. The number of nitrogens with one attached hydrogen (secondary N) is 1. The molecule has 5 rings (SSSR count). The molecule has 1 unspecified atom stereocenters. The zero-order valence-electron chi connectivity index (χ0n) is 17.2. The van der Waals surface area contributed by atoms with Gasteiger partial charge in [-0.25, -0.2) is 0 Å². The summed E-state index contributed by atoms with van der Waals surface area (Å²) in [6, 6.07) is 11.3. The zero-order valence-corrected chi connectivity index (χ0v) is 17.2. The van der Waals surface area contributed by atoms with E-state index in [1.165, 1.54) is 12.8 Å². The maximum absolute atomic E-state index is 13.3. The number of para-hydroxylation sites is 1. The number of carbonyl (C=O) groups excluding carboxylic acids is 2. The minimum Gasteiger partial charge on any atom is -0.374 e. The molecule has 0 spiro atoms. The Labute approximate surface area is 180 Å². The van der Waals surface area contributed by atoms with Crippen molar-refractivity contribution >= 4 is 22.7 Å². The van der Waals surface area contributed by atoms with E-state index in [1.54, 1.807) is 22.2 Å². The molecule has 0 radical (unpaired) electrons. The Bertz CT molecular complexity index is 1080. The van der Waals surface area contributed by atoms with Crippen LogP contribution in [0.3, 0.4) is 0 Å². The van der Waals surface area contributed by atoms with Gasteiger partial charge in [0.25, 0.3) is 5.91 Å². The van der Waals surface area contributed by atoms with Gasteiger partial charge < -0.3 is 14.5 Å². The van der Waals surface area contributed by atoms with E-state index in [0.717, 1.165) is 16.5 Å². The summed E-state index contributed by atoms with van der Waals surface area (Å²) < 4.78 is 6.16. The first-order valence-corrected chi connectivity index (χ1v) is 10.7. The van der Waals surface area contributed by atoms with E-state index in [2.05, 4.69) is 15.2 Å². The number of pyridine rings is 1. The summed E-state index contributed by atoms with van der Waals surface area (Å²) in [5, 5.41) is 7.89. The van der Waals surface area contributed by atoms with Crippen molar-refractivity contribution < 1.29 is 14.3 Å². The Morgan fingerprint density at radius 3 is 2.84 bits per heavy atom. The van der Waals surface area contributed by atoms with Crippen LogP contribution >= 0.6 is 0 Å². The second kappa shape index (κ2) is 8.47. The Balaban J connectivity index is 1.38. The molecular weight excluding hydrogens is 394 g/mol. The van der Waals surface area contributed by atoms with Crippen LogP contribution in [0.2, 0.25) is 0 Å². The molecule has 2 fully saturated rings. The SMILES string of the molecule is O=C1CN(C(=O)c2n[nH]c3ccccc23)CC(OCC2CC2)CN1Cc1cccnc1. The number of nitrogens with zero attached hydrogens (tertiary/aromatic N) is 4. The van der Waals surface area contributed by atoms with E-state index in [9.17, 15) is 9.59 Å². The molecule has 8 nitrogen and oxygen atoms in total. The topological polar surface area (TPSA) is 91.4 Å². The summed E-state index contributed by atoms with van der Waals surface area (Å²) in [7, 11) is 0. The van der Waals surface area contributed by atoms with Gasteiger partial charge in [0.05, 0.1) is 11.6 Å². The zero-order chi connectivity index (χ0) is 21.2. The molecule has 1 aliphatic heterocycles. The molecule has 31 heavy (non-hydrogen) atoms. The predicted molar refractivity (Wildman–Crippen MR) is 114 cm³/mol. The fourth-order valence-corrected chi connectivity index (χ4v) is 3.94. The maximum atomic E-state index is 13.3. The van der Waals surface area contributed by atoms with Crippen LogP contribution in [-0.2, 0) is 16.1 Å². The first-order valence-electron chi connectivity index (χ1n) is 10.7. The number of amides is 2. The highest BCUT2D eigenvalue weighted by Crippen LogP contribution is 2.29. The number of fused-ring (bicyclic) bond motifs is 1. The lowest BCUT2D eigenvalue weighted by atomic mass is 10.2. The monoisotopic (exact) mass is 419 g/mol. The number of benzene rings is 1. The molecular formula is C23H25N5O3. The highest BCUT2D eigenvalue weighted by Gasteiger charge is 2.34. The summed E-state index contributed by atoms with van der Waals surface area (Å²) >= 11 is 0. The van der Waals surface area contributed by atoms with E-state index < -0.39 is 0 Å². The fraction of sp³-hybridized carbons (Fsp3) is 0.391. The van der Waals surface area contributed by atoms with Crippen molar-refractivity contribution in [3.05, 3.63) is 60.0 Å². The molecule has 2 aliphatic rings. The van der Waals surface area contributed by atoms with Crippen LogP contribution in [0.5, 0.6) is 0 Å². The summed E-state index contributed by atoms with van der Waals surface area (Å²) in [5.41, 5.74) is 2.09. The van der Waals surface area contributed by atoms with Crippen molar-refractivity contribution in [2.75, 3.05) is 26.2 Å². The van der Waals surface area contributed by atoms with Gasteiger partial charge in [0.2, 0.25) is 5.91 Å². The van der Waals surface area contributed by atoms with Gasteiger partial charge in [0, 0.05) is 44.0 Å². The number of aromatic nitrogens is 3. The van der Waals surface area contributed by atoms with E-state index in [-0.39, 0.29) is 24.5 Å². The van der Waals surface area contributed by atoms with Crippen LogP contribution in [0.15, 0.2) is 48.8 Å². The molecule has 3 heterocycles. The minimum atomic E-state index is -0.256. The first-order chi connectivity index (χ1) is 15.2. The third-order valence-corrected chi connectivity index (χ3v) is 5.85. The molecule has 1 aliphatic carbocycles. The normalized spacial score (nSPS) is 19.6. The van der Waals surface area contributed by atoms with Crippen molar-refractivity contribution in [1.82, 2.24) is 25.0 Å². The molecule has 1 saturated heterocycles. The van der Waals surface area contributed by atoms with Gasteiger partial charge in [-0.15, -0.1) is 0 Å². The van der Waals surface area contributed by atoms with E-state index in [0.29, 0.717) is 37.9 Å². The van der Waals surface area contributed by atoms with Crippen LogP contribution in [0.1, 0.15) is 28.9 Å². The Kier molecular flexibility index (Phi) is 5.38. The summed E-state index contributed by atoms with van der Waals surface area (Å²) in [6.45, 7) is 1.94. The number of rotatable bonds is 6. The molecule has 8 heteroatoms. The van der Waals surface area contributed by atoms with Crippen LogP contribution < -0.4 is 0 Å². The molecule has 3 aromatic rings. The van der Waals surface area contributed by atoms with Crippen molar-refractivity contribution in [1.29, 1.82) is 0 Å². The summed E-state index contributed by atoms with van der Waals surface area (Å²) in [4.78, 5) is 33.9. The minimum absolute atomic E-state index is 0.00354. The smallest absolute Gasteiger partial charge is 0.275 e. The van der Waals surface area contributed by atoms with Gasteiger partial charge in [0.15, 0.2) is 5.69 Å². The van der Waals surface area contributed by atoms with Crippen molar-refractivity contribution in [3.63, 3.8) is 0 Å². The van der Waals surface area contributed by atoms with E-state index in [1.807, 2.05) is 36.4 Å². The van der Waals surface area contributed by atoms with Gasteiger partial charge in [0.1, 0.15) is 6.54 Å². The molecule has 160 valence electrons. The second-order valence-corrected chi connectivity index (χ2v) is 8.34. The third kappa shape index (κ3) is 4.44. The maximum Gasteiger partial charge on any atom is 0.275 e. The lowest BCUT2D eigenvalue weighted by Crippen LogP contribution is -2.40. The highest BCUT2D eigenvalue weighted by atomic mass is 16.5. The molecule has 0 bridgehead atoms. The molecule has 1 atom stereocenters. The van der Waals surface area contributed by atoms with Gasteiger partial charge >= 0.3 is 0 Å². The molecule has 2 amide bonds. The number of hydrogen-bond acceptors (Lipinski definition) is 5. The molecule has 1 aromatic carbocycles. The Morgan fingerprint density at radius 1 is 1.16 bits per heavy atom. The van der Waals surface area contributed by atoms with Crippen LogP contribution in [-0.4, -0.2) is 69.1 Å². The molecule has 2 aromatic heterocycles. The van der Waals surface area contributed by atoms with Crippen LogP contribution in [0.25, 0.3) is 10.9 Å². The van der Waals surface area contributed by atoms with Gasteiger partial charge in [-0.1, -0.05) is 24.3 Å². The Hall–Kier alpha value is -3.26. The predicted octanol–water partition coefficient (Wildman–Crippen LogP) is 2.24. The van der Waals surface area contributed by atoms with Crippen molar-refractivity contribution in [2.45, 2.75) is 25.5 Å². The van der Waals surface area contributed by atoms with Gasteiger partial charge in [-0.2, -0.15) is 5.10 Å². The second-order valence-electron chi connectivity index (χ2n) is 8.34. The van der Waals surface area contributed by atoms with Gasteiger partial charge in [-0.3, -0.25) is 19.7 Å². The lowest BCUT2D eigenvalue weighted by Gasteiger charge is -2.24. The average Bonchev–Trinajstić information content (AvgIpc) is 3.55. The van der Waals surface area contributed by atoms with E-state index >= 15 is 0 Å². The average molecular weight is 419 g/mol. The highest BCUT2D eigenvalue weighted by molar-refractivity contribution is 6.05. The van der Waals surface area contributed by atoms with E-state index in [4.69, 9.17) is 4.74 Å². The fourth-order valence-electron chi connectivity index (χ4n) is 3.94. The number of hydrogen-bond donors (Lipinski definition) is 1. The van der Waals surface area contributed by atoms with Crippen LogP contribution in [0.4, 0.5) is 0 Å². The Morgan fingerprint density at radius 2 is 2.03 bits per heavy atom. The number of ether oxygens (including phenoxy) is 1. The lowest BCUT2D eigenvalue weighted by molar-refractivity contribution is -0.132. The third-order valence-electron chi connectivity index (χ3n) is 5.85. The quantitative estimate of drug-likeness (QED) is 0.662. The van der Waals surface area contributed by atoms with Crippen molar-refractivity contribution in [2.24, 2.45) is 5.92 Å². The number of H-pyrrole nitrogens is 1.